The average molecular weight is 303 g/mol. The van der Waals surface area contributed by atoms with Crippen LogP contribution >= 0.6 is 0 Å². The molecule has 0 saturated carbocycles. The van der Waals surface area contributed by atoms with E-state index in [1.807, 2.05) is 19.9 Å². The number of hydrogen-bond donors (Lipinski definition) is 0. The summed E-state index contributed by atoms with van der Waals surface area (Å²) in [5.74, 6) is 1.01. The van der Waals surface area contributed by atoms with E-state index in [1.165, 1.54) is 20.3 Å². The molecule has 0 heterocycles. The molecule has 22 heavy (non-hydrogen) atoms. The molecule has 0 radical (unpaired) electrons. The van der Waals surface area contributed by atoms with Gasteiger partial charge in [-0.3, -0.25) is 0 Å². The molecule has 0 spiro atoms. The van der Waals surface area contributed by atoms with Gasteiger partial charge in [0.05, 0.1) is 26.4 Å². The van der Waals surface area contributed by atoms with Crippen LogP contribution in [0.3, 0.4) is 0 Å². The van der Waals surface area contributed by atoms with Gasteiger partial charge >= 0.3 is 5.97 Å². The Morgan fingerprint density at radius 1 is 1.23 bits per heavy atom. The van der Waals surface area contributed by atoms with Crippen molar-refractivity contribution in [3.63, 3.8) is 0 Å². The lowest BCUT2D eigenvalue weighted by Crippen LogP contribution is -2.05. The first-order chi connectivity index (χ1) is 10.5. The molecule has 0 unspecified atom stereocenters. The molecule has 1 aromatic carbocycles. The van der Waals surface area contributed by atoms with Crippen LogP contribution in [0.15, 0.2) is 24.3 Å². The highest BCUT2D eigenvalue weighted by atomic mass is 16.5. The molecule has 1 rings (SSSR count). The van der Waals surface area contributed by atoms with Gasteiger partial charge in [0.1, 0.15) is 17.6 Å². The van der Waals surface area contributed by atoms with E-state index in [0.29, 0.717) is 29.6 Å². The maximum absolute atomic E-state index is 11.8. The van der Waals surface area contributed by atoms with Gasteiger partial charge in [-0.2, -0.15) is 5.26 Å². The molecule has 118 valence electrons. The Bertz CT molecular complexity index is 563. The van der Waals surface area contributed by atoms with E-state index in [0.717, 1.165) is 6.42 Å². The van der Waals surface area contributed by atoms with Crippen molar-refractivity contribution in [1.82, 2.24) is 0 Å². The maximum Gasteiger partial charge on any atom is 0.332 e. The highest BCUT2D eigenvalue weighted by Gasteiger charge is 2.09. The van der Waals surface area contributed by atoms with Crippen molar-refractivity contribution in [2.24, 2.45) is 5.92 Å². The van der Waals surface area contributed by atoms with Gasteiger partial charge < -0.3 is 14.2 Å². The van der Waals surface area contributed by atoms with Crippen molar-refractivity contribution in [1.29, 1.82) is 5.26 Å². The summed E-state index contributed by atoms with van der Waals surface area (Å²) in [6.07, 6.45) is 1.98. The van der Waals surface area contributed by atoms with Crippen LogP contribution in [0.2, 0.25) is 0 Å². The largest absolute Gasteiger partial charge is 0.497 e. The summed E-state index contributed by atoms with van der Waals surface area (Å²) in [4.78, 5) is 11.8. The molecule has 1 aromatic rings. The van der Waals surface area contributed by atoms with Crippen molar-refractivity contribution in [3.8, 4) is 17.6 Å². The second-order valence-electron chi connectivity index (χ2n) is 5.12. The lowest BCUT2D eigenvalue weighted by Gasteiger charge is -2.08. The second kappa shape index (κ2) is 8.73. The fraction of sp³-hybridized carbons (Fsp3) is 0.412. The first-order valence-electron chi connectivity index (χ1n) is 7.02. The van der Waals surface area contributed by atoms with E-state index < -0.39 is 5.97 Å². The molecule has 0 fully saturated rings. The zero-order valence-electron chi connectivity index (χ0n) is 13.4. The summed E-state index contributed by atoms with van der Waals surface area (Å²) in [5.41, 5.74) is 0.742. The number of allylic oxidation sites excluding steroid dienone is 1. The van der Waals surface area contributed by atoms with Gasteiger partial charge in [0.15, 0.2) is 0 Å². The van der Waals surface area contributed by atoms with Crippen LogP contribution in [-0.2, 0) is 9.53 Å². The van der Waals surface area contributed by atoms with Crippen LogP contribution in [0.25, 0.3) is 5.57 Å². The summed E-state index contributed by atoms with van der Waals surface area (Å²) in [6.45, 7) is 4.44. The summed E-state index contributed by atoms with van der Waals surface area (Å²) < 4.78 is 15.4. The van der Waals surface area contributed by atoms with Crippen LogP contribution in [0.1, 0.15) is 25.8 Å². The number of rotatable bonds is 7. The standard InChI is InChI=1S/C17H21NO4/c1-12(2)5-6-22-17(19)9-14(11-18)13-7-15(20-3)10-16(8-13)21-4/h7-10,12H,5-6H2,1-4H3. The Hall–Kier alpha value is -2.48. The molecule has 0 aromatic heterocycles. The monoisotopic (exact) mass is 303 g/mol. The Kier molecular flexibility index (Phi) is 6.97. The van der Waals surface area contributed by atoms with E-state index in [4.69, 9.17) is 14.2 Å². The van der Waals surface area contributed by atoms with Crippen molar-refractivity contribution in [3.05, 3.63) is 29.8 Å². The second-order valence-corrected chi connectivity index (χ2v) is 5.12. The fourth-order valence-corrected chi connectivity index (χ4v) is 1.70. The third-order valence-electron chi connectivity index (χ3n) is 2.98. The van der Waals surface area contributed by atoms with Gasteiger partial charge in [0.2, 0.25) is 0 Å². The summed E-state index contributed by atoms with van der Waals surface area (Å²) in [5, 5.41) is 9.26. The highest BCUT2D eigenvalue weighted by molar-refractivity contribution is 5.95. The predicted octanol–water partition coefficient (Wildman–Crippen LogP) is 3.20. The van der Waals surface area contributed by atoms with E-state index in [2.05, 4.69) is 0 Å². The van der Waals surface area contributed by atoms with E-state index in [9.17, 15) is 10.1 Å². The van der Waals surface area contributed by atoms with E-state index in [1.54, 1.807) is 18.2 Å². The zero-order valence-corrected chi connectivity index (χ0v) is 13.4. The molecule has 0 aliphatic rings. The number of hydrogen-bond acceptors (Lipinski definition) is 5. The Morgan fingerprint density at radius 3 is 2.27 bits per heavy atom. The van der Waals surface area contributed by atoms with Crippen molar-refractivity contribution in [2.75, 3.05) is 20.8 Å². The summed E-state index contributed by atoms with van der Waals surface area (Å²) in [7, 11) is 3.04. The molecule has 0 aliphatic heterocycles. The smallest absolute Gasteiger partial charge is 0.332 e. The van der Waals surface area contributed by atoms with Gasteiger partial charge in [-0.15, -0.1) is 0 Å². The van der Waals surface area contributed by atoms with Gasteiger partial charge in [0.25, 0.3) is 0 Å². The Balaban J connectivity index is 2.93. The minimum absolute atomic E-state index is 0.201. The normalized spacial score (nSPS) is 11.0. The predicted molar refractivity (Wildman–Crippen MR) is 83.6 cm³/mol. The Labute approximate surface area is 131 Å². The molecule has 0 bridgehead atoms. The molecular formula is C17H21NO4. The quantitative estimate of drug-likeness (QED) is 0.439. The van der Waals surface area contributed by atoms with E-state index >= 15 is 0 Å². The lowest BCUT2D eigenvalue weighted by atomic mass is 10.1. The van der Waals surface area contributed by atoms with Crippen LogP contribution in [0, 0.1) is 17.2 Å². The first kappa shape index (κ1) is 17.6. The zero-order chi connectivity index (χ0) is 16.5. The first-order valence-corrected chi connectivity index (χ1v) is 7.02. The maximum atomic E-state index is 11.8. The molecule has 0 aliphatic carbocycles. The van der Waals surface area contributed by atoms with Crippen LogP contribution in [0.4, 0.5) is 0 Å². The third-order valence-corrected chi connectivity index (χ3v) is 2.98. The van der Waals surface area contributed by atoms with Crippen LogP contribution in [0.5, 0.6) is 11.5 Å². The number of nitrogens with zero attached hydrogens (tertiary/aromatic N) is 1. The molecule has 0 amide bonds. The highest BCUT2D eigenvalue weighted by Crippen LogP contribution is 2.26. The average Bonchev–Trinajstić information content (AvgIpc) is 2.51. The molecule has 0 saturated heterocycles. The van der Waals surface area contributed by atoms with Crippen LogP contribution in [-0.4, -0.2) is 26.8 Å². The van der Waals surface area contributed by atoms with Crippen molar-refractivity contribution >= 4 is 11.5 Å². The number of methoxy groups -OCH3 is 2. The molecule has 5 heteroatoms. The van der Waals surface area contributed by atoms with Gasteiger partial charge in [0, 0.05) is 12.1 Å². The number of ether oxygens (including phenoxy) is 3. The molecule has 0 N–H and O–H groups in total. The fourth-order valence-electron chi connectivity index (χ4n) is 1.70. The van der Waals surface area contributed by atoms with Gasteiger partial charge in [-0.1, -0.05) is 13.8 Å². The summed E-state index contributed by atoms with van der Waals surface area (Å²) in [6, 6.07) is 7.03. The lowest BCUT2D eigenvalue weighted by molar-refractivity contribution is -0.137. The topological polar surface area (TPSA) is 68.5 Å². The molecule has 5 nitrogen and oxygen atoms in total. The summed E-state index contributed by atoms with van der Waals surface area (Å²) >= 11 is 0. The Morgan fingerprint density at radius 2 is 1.82 bits per heavy atom. The number of carbonyl (C=O) groups excluding carboxylic acids is 1. The third kappa shape index (κ3) is 5.49. The van der Waals surface area contributed by atoms with E-state index in [-0.39, 0.29) is 5.57 Å². The van der Waals surface area contributed by atoms with Crippen molar-refractivity contribution < 1.29 is 19.0 Å². The SMILES string of the molecule is COc1cc(OC)cc(C(C#N)=CC(=O)OCCC(C)C)c1. The molecular weight excluding hydrogens is 282 g/mol. The minimum Gasteiger partial charge on any atom is -0.497 e. The van der Waals surface area contributed by atoms with Crippen LogP contribution < -0.4 is 9.47 Å². The number of benzene rings is 1. The minimum atomic E-state index is -0.529. The number of carbonyl (C=O) groups is 1. The van der Waals surface area contributed by atoms with Gasteiger partial charge in [-0.05, 0) is 30.0 Å². The number of nitriles is 1. The number of esters is 1. The van der Waals surface area contributed by atoms with Gasteiger partial charge in [-0.25, -0.2) is 4.79 Å². The molecule has 0 atom stereocenters. The van der Waals surface area contributed by atoms with Crippen molar-refractivity contribution in [2.45, 2.75) is 20.3 Å².